The molecule has 0 aliphatic rings. The average molecular weight is 565 g/mol. The summed E-state index contributed by atoms with van der Waals surface area (Å²) in [5, 5.41) is 5.71. The number of benzene rings is 2. The molecule has 0 saturated heterocycles. The standard InChI is InChI=1S/2C13H15.2CH3.2ClH.Si.Zr/c2*1-4-11-7-12-9(2)5-6-10(3)13(12)8-11;;;;;;/h2*5-8H,4H2,1-3H3;2*1H3;2*1H;;/q4*-1;;;;. The Labute approximate surface area is 226 Å². The maximum atomic E-state index is 3.06. The Kier molecular flexibility index (Phi) is 18.9. The van der Waals surface area contributed by atoms with E-state index in [1.54, 1.807) is 0 Å². The Morgan fingerprint density at radius 2 is 0.906 bits per heavy atom. The van der Waals surface area contributed by atoms with Gasteiger partial charge in [0, 0.05) is 0 Å². The number of aryl methyl sites for hydroxylation is 6. The predicted molar refractivity (Wildman–Crippen MR) is 150 cm³/mol. The first-order valence-electron chi connectivity index (χ1n) is 10.0. The summed E-state index contributed by atoms with van der Waals surface area (Å²) in [5.41, 5.74) is 8.46. The van der Waals surface area contributed by atoms with Gasteiger partial charge in [-0.05, 0) is 26.7 Å². The minimum atomic E-state index is 0. The number of halogens is 2. The summed E-state index contributed by atoms with van der Waals surface area (Å²) < 4.78 is 0. The van der Waals surface area contributed by atoms with Crippen molar-refractivity contribution in [3.8, 4) is 0 Å². The van der Waals surface area contributed by atoms with Crippen LogP contribution in [0, 0.1) is 42.5 Å². The molecule has 32 heavy (non-hydrogen) atoms. The molecule has 0 amide bonds. The molecule has 0 spiro atoms. The van der Waals surface area contributed by atoms with E-state index in [1.165, 1.54) is 78.3 Å². The van der Waals surface area contributed by atoms with Crippen LogP contribution in [0.15, 0.2) is 48.5 Å². The van der Waals surface area contributed by atoms with E-state index in [4.69, 9.17) is 0 Å². The normalized spacial score (nSPS) is 9.03. The van der Waals surface area contributed by atoms with Crippen molar-refractivity contribution in [1.29, 1.82) is 0 Å². The average Bonchev–Trinajstić information content (AvgIpc) is 3.35. The Hall–Kier alpha value is -0.660. The van der Waals surface area contributed by atoms with Crippen molar-refractivity contribution in [2.75, 3.05) is 0 Å². The quantitative estimate of drug-likeness (QED) is 0.169. The van der Waals surface area contributed by atoms with Crippen LogP contribution in [0.5, 0.6) is 0 Å². The Bertz CT molecular complexity index is 912. The van der Waals surface area contributed by atoms with Crippen molar-refractivity contribution in [1.82, 2.24) is 0 Å². The molecule has 0 nitrogen and oxygen atoms in total. The Balaban J connectivity index is -0.000000437. The van der Waals surface area contributed by atoms with Crippen LogP contribution >= 0.6 is 24.8 Å². The van der Waals surface area contributed by atoms with Gasteiger partial charge in [0.2, 0.25) is 0 Å². The number of hydrogen-bond donors (Lipinski definition) is 0. The van der Waals surface area contributed by atoms with E-state index >= 15 is 0 Å². The second-order valence-electron chi connectivity index (χ2n) is 7.49. The topological polar surface area (TPSA) is 0 Å². The van der Waals surface area contributed by atoms with Crippen LogP contribution in [-0.2, 0) is 36.2 Å². The molecule has 4 aromatic carbocycles. The molecule has 176 valence electrons. The fraction of sp³-hybridized carbons (Fsp3) is 0.286. The van der Waals surface area contributed by atoms with Gasteiger partial charge in [-0.1, -0.05) is 51.0 Å². The minimum absolute atomic E-state index is 0. The van der Waals surface area contributed by atoms with Gasteiger partial charge in [-0.25, -0.2) is 0 Å². The summed E-state index contributed by atoms with van der Waals surface area (Å²) >= 11 is 1.36. The summed E-state index contributed by atoms with van der Waals surface area (Å²) in [5.74, 6) is 0. The summed E-state index contributed by atoms with van der Waals surface area (Å²) in [7, 11) is 0. The van der Waals surface area contributed by atoms with E-state index < -0.39 is 0 Å². The monoisotopic (exact) mass is 562 g/mol. The summed E-state index contributed by atoms with van der Waals surface area (Å²) in [6.07, 6.45) is 2.26. The van der Waals surface area contributed by atoms with E-state index in [9.17, 15) is 0 Å². The van der Waals surface area contributed by atoms with Crippen molar-refractivity contribution in [3.05, 3.63) is 96.8 Å². The molecule has 0 heterocycles. The summed E-state index contributed by atoms with van der Waals surface area (Å²) in [6.45, 7) is 16.2. The first kappa shape index (κ1) is 35.9. The molecular weight excluding hydrogens is 527 g/mol. The van der Waals surface area contributed by atoms with Gasteiger partial charge in [-0.15, -0.1) is 92.9 Å². The van der Waals surface area contributed by atoms with Crippen LogP contribution in [0.3, 0.4) is 0 Å². The summed E-state index contributed by atoms with van der Waals surface area (Å²) in [6, 6.07) is 18.1. The first-order valence-corrected chi connectivity index (χ1v) is 14.2. The molecule has 2 radical (unpaired) electrons. The molecular formula is C28H38Cl2SiZr-4. The zero-order valence-electron chi connectivity index (χ0n) is 20.8. The van der Waals surface area contributed by atoms with E-state index in [-0.39, 0.29) is 39.7 Å². The molecule has 0 aromatic heterocycles. The predicted octanol–water partition coefficient (Wildman–Crippen LogP) is 8.84. The zero-order chi connectivity index (χ0) is 20.8. The maximum absolute atomic E-state index is 3.06. The first-order chi connectivity index (χ1) is 13.4. The molecule has 0 N–H and O–H groups in total. The third-order valence-electron chi connectivity index (χ3n) is 5.58. The molecule has 0 bridgehead atoms. The van der Waals surface area contributed by atoms with Crippen LogP contribution in [0.25, 0.3) is 21.5 Å². The van der Waals surface area contributed by atoms with E-state index in [1.807, 2.05) is 0 Å². The second kappa shape index (κ2) is 16.9. The number of fused-ring (bicyclic) bond motifs is 2. The van der Waals surface area contributed by atoms with Crippen LogP contribution < -0.4 is 0 Å². The molecule has 0 saturated carbocycles. The van der Waals surface area contributed by atoms with Crippen LogP contribution in [0.4, 0.5) is 0 Å². The number of hydrogen-bond acceptors (Lipinski definition) is 0. The summed E-state index contributed by atoms with van der Waals surface area (Å²) in [4.78, 5) is 0. The number of rotatable bonds is 2. The third-order valence-corrected chi connectivity index (χ3v) is 5.58. The van der Waals surface area contributed by atoms with Gasteiger partial charge in [0.05, 0.1) is 0 Å². The molecule has 4 heteroatoms. The van der Waals surface area contributed by atoms with Crippen molar-refractivity contribution >= 4 is 53.2 Å². The molecule has 0 unspecified atom stereocenters. The molecule has 0 aliphatic heterocycles. The fourth-order valence-electron chi connectivity index (χ4n) is 3.71. The van der Waals surface area contributed by atoms with E-state index in [0.717, 1.165) is 12.8 Å². The van der Waals surface area contributed by atoms with Crippen LogP contribution in [0.2, 0.25) is 0 Å². The Morgan fingerprint density at radius 3 is 1.16 bits per heavy atom. The van der Waals surface area contributed by atoms with Gasteiger partial charge in [-0.2, -0.15) is 12.1 Å². The van der Waals surface area contributed by atoms with Crippen molar-refractivity contribution in [2.24, 2.45) is 0 Å². The fourth-order valence-corrected chi connectivity index (χ4v) is 3.71. The van der Waals surface area contributed by atoms with Crippen LogP contribution in [-0.4, -0.2) is 6.88 Å². The zero-order valence-corrected chi connectivity index (χ0v) is 25.9. The SMILES string of the molecule is CCc1cc2c(C)ccc(C)c2[cH-]1.CCc1cc2c(C)ccc(C)c2[cH-]1.Cl.Cl.[CH3-].[CH3-].[Si]=[Zr]. The molecule has 4 rings (SSSR count). The third kappa shape index (κ3) is 8.28. The van der Waals surface area contributed by atoms with E-state index in [2.05, 4.69) is 97.0 Å². The van der Waals surface area contributed by atoms with E-state index in [0.29, 0.717) is 0 Å². The molecule has 0 fully saturated rings. The van der Waals surface area contributed by atoms with Gasteiger partial charge in [0.1, 0.15) is 0 Å². The van der Waals surface area contributed by atoms with Gasteiger partial charge < -0.3 is 14.9 Å². The van der Waals surface area contributed by atoms with Crippen molar-refractivity contribution in [3.63, 3.8) is 0 Å². The van der Waals surface area contributed by atoms with Gasteiger partial charge >= 0.3 is 30.2 Å². The van der Waals surface area contributed by atoms with Crippen LogP contribution in [0.1, 0.15) is 47.2 Å². The molecule has 0 atom stereocenters. The molecule has 0 aliphatic carbocycles. The van der Waals surface area contributed by atoms with Crippen molar-refractivity contribution < 1.29 is 23.3 Å². The molecule has 4 aromatic rings. The van der Waals surface area contributed by atoms with Crippen molar-refractivity contribution in [2.45, 2.75) is 54.4 Å². The Morgan fingerprint density at radius 1 is 0.625 bits per heavy atom. The second-order valence-corrected chi connectivity index (χ2v) is 7.49. The van der Waals surface area contributed by atoms with Gasteiger partial charge in [0.25, 0.3) is 0 Å². The van der Waals surface area contributed by atoms with Gasteiger partial charge in [0.15, 0.2) is 0 Å². The van der Waals surface area contributed by atoms with Gasteiger partial charge in [-0.3, -0.25) is 0 Å².